The Kier molecular flexibility index (Phi) is 8.06. The van der Waals surface area contributed by atoms with Gasteiger partial charge in [0.25, 0.3) is 0 Å². The van der Waals surface area contributed by atoms with E-state index in [2.05, 4.69) is 98.8 Å². The monoisotopic (exact) mass is 566 g/mol. The van der Waals surface area contributed by atoms with Crippen molar-refractivity contribution >= 4 is 41.3 Å². The molecule has 0 unspecified atom stereocenters. The van der Waals surface area contributed by atoms with E-state index in [1.807, 2.05) is 20.8 Å². The van der Waals surface area contributed by atoms with Crippen LogP contribution in [0.15, 0.2) is 44.9 Å². The molecule has 0 N–H and O–H groups in total. The summed E-state index contributed by atoms with van der Waals surface area (Å²) < 4.78 is 5.50. The summed E-state index contributed by atoms with van der Waals surface area (Å²) in [7, 11) is 0. The number of hydrogen-bond acceptors (Lipinski definition) is 1. The SMILES string of the molecule is CC(C)(C)C(=O)c1[se]c(C(C)(C)C)cc1/C=C/C=C1C=C(C(C)(C)C)[Se]C(C(C)(C)C)=C1. The second-order valence-corrected chi connectivity index (χ2v) is 17.4. The maximum atomic E-state index is 13.2. The van der Waals surface area contributed by atoms with Crippen molar-refractivity contribution in [2.24, 2.45) is 16.2 Å². The van der Waals surface area contributed by atoms with E-state index in [0.717, 1.165) is 10.0 Å². The van der Waals surface area contributed by atoms with Gasteiger partial charge in [0.2, 0.25) is 0 Å². The van der Waals surface area contributed by atoms with Crippen LogP contribution in [0.2, 0.25) is 0 Å². The minimum atomic E-state index is -0.351. The zero-order chi connectivity index (χ0) is 24.7. The van der Waals surface area contributed by atoms with Crippen molar-refractivity contribution in [3.63, 3.8) is 0 Å². The van der Waals surface area contributed by atoms with Crippen molar-refractivity contribution in [1.29, 1.82) is 0 Å². The van der Waals surface area contributed by atoms with Gasteiger partial charge in [0, 0.05) is 0 Å². The van der Waals surface area contributed by atoms with Gasteiger partial charge >= 0.3 is 210 Å². The fourth-order valence-electron chi connectivity index (χ4n) is 3.04. The molecule has 1 aliphatic rings. The first-order valence-corrected chi connectivity index (χ1v) is 14.9. The van der Waals surface area contributed by atoms with Crippen LogP contribution in [0.25, 0.3) is 6.08 Å². The van der Waals surface area contributed by atoms with Gasteiger partial charge in [-0.15, -0.1) is 0 Å². The number of hydrogen-bond donors (Lipinski definition) is 0. The predicted octanol–water partition coefficient (Wildman–Crippen LogP) is 7.79. The van der Waals surface area contributed by atoms with Crippen molar-refractivity contribution in [2.45, 2.75) is 88.5 Å². The van der Waals surface area contributed by atoms with Gasteiger partial charge in [-0.25, -0.2) is 0 Å². The zero-order valence-corrected chi connectivity index (χ0v) is 25.6. The number of rotatable bonds is 3. The first-order chi connectivity index (χ1) is 14.3. The molecule has 0 saturated heterocycles. The number of carbonyl (C=O) groups excluding carboxylic acids is 1. The average Bonchev–Trinajstić information content (AvgIpc) is 3.03. The van der Waals surface area contributed by atoms with Crippen LogP contribution in [0.1, 0.15) is 102 Å². The molecule has 1 aromatic rings. The second-order valence-electron chi connectivity index (χ2n) is 12.9. The van der Waals surface area contributed by atoms with E-state index >= 15 is 0 Å². The van der Waals surface area contributed by atoms with Gasteiger partial charge in [-0.1, -0.05) is 0 Å². The fourth-order valence-corrected chi connectivity index (χ4v) is 8.48. The first kappa shape index (κ1) is 27.4. The third-order valence-electron chi connectivity index (χ3n) is 5.25. The van der Waals surface area contributed by atoms with E-state index in [0.29, 0.717) is 15.0 Å². The molecule has 0 radical (unpaired) electrons. The van der Waals surface area contributed by atoms with Gasteiger partial charge in [-0.3, -0.25) is 0 Å². The van der Waals surface area contributed by atoms with Crippen molar-refractivity contribution in [2.75, 3.05) is 0 Å². The first-order valence-electron chi connectivity index (χ1n) is 11.5. The molecular formula is C29H42OSe2. The maximum absolute atomic E-state index is 13.2. The Balaban J connectivity index is 2.50. The molecule has 1 aromatic heterocycles. The Bertz CT molecular complexity index is 950. The van der Waals surface area contributed by atoms with Gasteiger partial charge in [-0.2, -0.15) is 0 Å². The molecule has 0 saturated carbocycles. The Hall–Kier alpha value is -0.851. The summed E-state index contributed by atoms with van der Waals surface area (Å²) in [6.07, 6.45) is 11.3. The molecule has 0 bridgehead atoms. The van der Waals surface area contributed by atoms with Gasteiger partial charge in [0.15, 0.2) is 0 Å². The third kappa shape index (κ3) is 7.07. The number of allylic oxidation sites excluding steroid dienone is 7. The van der Waals surface area contributed by atoms with Gasteiger partial charge in [-0.05, 0) is 0 Å². The Morgan fingerprint density at radius 2 is 1.28 bits per heavy atom. The van der Waals surface area contributed by atoms with E-state index in [1.165, 1.54) is 10.0 Å². The summed E-state index contributed by atoms with van der Waals surface area (Å²) >= 11 is 0.492. The van der Waals surface area contributed by atoms with Crippen LogP contribution < -0.4 is 0 Å². The molecule has 0 atom stereocenters. The molecule has 176 valence electrons. The van der Waals surface area contributed by atoms with E-state index in [1.54, 1.807) is 8.94 Å². The van der Waals surface area contributed by atoms with Crippen molar-refractivity contribution in [1.82, 2.24) is 0 Å². The molecule has 0 fully saturated rings. The van der Waals surface area contributed by atoms with Crippen LogP contribution in [0, 0.1) is 16.2 Å². The molecule has 0 aromatic carbocycles. The summed E-state index contributed by atoms with van der Waals surface area (Å²) in [6.45, 7) is 26.7. The summed E-state index contributed by atoms with van der Waals surface area (Å²) in [6, 6.07) is 2.27. The summed E-state index contributed by atoms with van der Waals surface area (Å²) in [4.78, 5) is 13.2. The number of ketones is 1. The molecule has 0 aliphatic carbocycles. The molecule has 2 heterocycles. The fraction of sp³-hybridized carbons (Fsp3) is 0.552. The van der Waals surface area contributed by atoms with Gasteiger partial charge < -0.3 is 0 Å². The Morgan fingerprint density at radius 3 is 1.69 bits per heavy atom. The molecular weight excluding hydrogens is 522 g/mol. The van der Waals surface area contributed by atoms with Crippen LogP contribution in [0.5, 0.6) is 0 Å². The van der Waals surface area contributed by atoms with Crippen LogP contribution in [-0.2, 0) is 5.41 Å². The van der Waals surface area contributed by atoms with E-state index in [9.17, 15) is 4.79 Å². The molecule has 3 heteroatoms. The van der Waals surface area contributed by atoms with Crippen molar-refractivity contribution in [3.8, 4) is 0 Å². The summed E-state index contributed by atoms with van der Waals surface area (Å²) in [5.74, 6) is 0.283. The van der Waals surface area contributed by atoms with Crippen LogP contribution in [0.3, 0.4) is 0 Å². The average molecular weight is 565 g/mol. The molecule has 1 nitrogen and oxygen atoms in total. The number of carbonyl (C=O) groups is 1. The standard InChI is InChI=1S/C29H42OSe2/c1-26(2,3)21-16-19(17-22(31-21)27(4,5)6)14-13-15-20-18-23(28(7,8)9)32-24(20)25(30)29(10,11)12/h13-18H,1-12H3/b15-13+. The topological polar surface area (TPSA) is 17.1 Å². The Labute approximate surface area is 209 Å². The quantitative estimate of drug-likeness (QED) is 0.271. The van der Waals surface area contributed by atoms with E-state index < -0.39 is 0 Å². The van der Waals surface area contributed by atoms with Gasteiger partial charge in [0.1, 0.15) is 0 Å². The molecule has 2 rings (SSSR count). The van der Waals surface area contributed by atoms with E-state index in [4.69, 9.17) is 0 Å². The molecule has 0 amide bonds. The zero-order valence-electron chi connectivity index (χ0n) is 22.2. The van der Waals surface area contributed by atoms with Crippen molar-refractivity contribution < 1.29 is 4.79 Å². The molecule has 1 aliphatic heterocycles. The van der Waals surface area contributed by atoms with Crippen LogP contribution in [0.4, 0.5) is 0 Å². The number of Topliss-reactive ketones (excluding diaryl/α,β-unsaturated/α-hetero) is 1. The normalized spacial score (nSPS) is 16.3. The second kappa shape index (κ2) is 9.42. The van der Waals surface area contributed by atoms with Gasteiger partial charge in [0.05, 0.1) is 0 Å². The third-order valence-corrected chi connectivity index (χ3v) is 12.5. The minimum absolute atomic E-state index is 0.0949. The van der Waals surface area contributed by atoms with Crippen molar-refractivity contribution in [3.05, 3.63) is 59.3 Å². The molecule has 32 heavy (non-hydrogen) atoms. The Morgan fingerprint density at radius 1 is 0.781 bits per heavy atom. The molecule has 0 spiro atoms. The summed E-state index contributed by atoms with van der Waals surface area (Å²) in [5, 5.41) is 0. The van der Waals surface area contributed by atoms with Crippen LogP contribution in [-0.4, -0.2) is 35.2 Å². The summed E-state index contributed by atoms with van der Waals surface area (Å²) in [5.41, 5.74) is 2.47. The van der Waals surface area contributed by atoms with E-state index in [-0.39, 0.29) is 41.9 Å². The van der Waals surface area contributed by atoms with Crippen LogP contribution >= 0.6 is 0 Å². The predicted molar refractivity (Wildman–Crippen MR) is 144 cm³/mol.